The van der Waals surface area contributed by atoms with E-state index in [9.17, 15) is 4.79 Å². The maximum absolute atomic E-state index is 12.1. The number of fused-ring (bicyclic) bond motifs is 2. The van der Waals surface area contributed by atoms with Crippen LogP contribution >= 0.6 is 15.9 Å². The minimum atomic E-state index is -0.185. The smallest absolute Gasteiger partial charge is 0.250 e. The molecule has 0 atom stereocenters. The summed E-state index contributed by atoms with van der Waals surface area (Å²) in [5, 5.41) is 0. The quantitative estimate of drug-likeness (QED) is 0.749. The molecule has 0 fully saturated rings. The number of carbonyl (C=O) groups is 1. The highest BCUT2D eigenvalue weighted by Crippen LogP contribution is 2.38. The predicted octanol–water partition coefficient (Wildman–Crippen LogP) is 3.67. The molecule has 0 aliphatic carbocycles. The van der Waals surface area contributed by atoms with Crippen molar-refractivity contribution in [1.29, 1.82) is 0 Å². The lowest BCUT2D eigenvalue weighted by Gasteiger charge is -2.19. The van der Waals surface area contributed by atoms with E-state index in [-0.39, 0.29) is 5.91 Å². The van der Waals surface area contributed by atoms with Crippen LogP contribution in [0.25, 0.3) is 0 Å². The number of aromatic nitrogens is 1. The molecule has 0 saturated carbocycles. The van der Waals surface area contributed by atoms with Crippen molar-refractivity contribution in [3.8, 4) is 11.6 Å². The van der Waals surface area contributed by atoms with Crippen LogP contribution in [-0.4, -0.2) is 10.9 Å². The first kappa shape index (κ1) is 12.9. The van der Waals surface area contributed by atoms with E-state index in [4.69, 9.17) is 4.74 Å². The fraction of sp³-hybridized carbons (Fsp3) is 0.0667. The van der Waals surface area contributed by atoms with E-state index < -0.39 is 0 Å². The summed E-state index contributed by atoms with van der Waals surface area (Å²) in [6.07, 6.45) is 2.93. The van der Waals surface area contributed by atoms with E-state index in [0.717, 1.165) is 10.0 Å². The van der Waals surface area contributed by atoms with Crippen molar-refractivity contribution < 1.29 is 9.53 Å². The maximum atomic E-state index is 12.1. The number of hydrogen-bond acceptors (Lipinski definition) is 3. The van der Waals surface area contributed by atoms with Gasteiger partial charge in [-0.2, -0.15) is 0 Å². The van der Waals surface area contributed by atoms with Crippen molar-refractivity contribution in [1.82, 2.24) is 4.98 Å². The molecule has 0 N–H and O–H groups in total. The summed E-state index contributed by atoms with van der Waals surface area (Å²) in [5.74, 6) is 0.937. The lowest BCUT2D eigenvalue weighted by atomic mass is 10.2. The lowest BCUT2D eigenvalue weighted by molar-refractivity contribution is -0.114. The Balaban J connectivity index is 2.16. The van der Waals surface area contributed by atoms with Crippen LogP contribution in [0, 0.1) is 0 Å². The molecule has 3 rings (SSSR count). The number of benzene rings is 1. The van der Waals surface area contributed by atoms with Crippen LogP contribution in [-0.2, 0) is 11.3 Å². The molecule has 100 valence electrons. The van der Waals surface area contributed by atoms with E-state index in [1.54, 1.807) is 17.2 Å². The van der Waals surface area contributed by atoms with Crippen LogP contribution in [0.4, 0.5) is 5.69 Å². The van der Waals surface area contributed by atoms with Gasteiger partial charge in [-0.1, -0.05) is 22.5 Å². The summed E-state index contributed by atoms with van der Waals surface area (Å²) in [6, 6.07) is 9.28. The van der Waals surface area contributed by atoms with E-state index in [0.29, 0.717) is 23.9 Å². The van der Waals surface area contributed by atoms with Crippen molar-refractivity contribution in [3.63, 3.8) is 0 Å². The van der Waals surface area contributed by atoms with Gasteiger partial charge in [-0.15, -0.1) is 0 Å². The molecular formula is C15H11BrN2O2. The lowest BCUT2D eigenvalue weighted by Crippen LogP contribution is -2.28. The van der Waals surface area contributed by atoms with Crippen LogP contribution in [0.2, 0.25) is 0 Å². The Morgan fingerprint density at radius 2 is 2.30 bits per heavy atom. The van der Waals surface area contributed by atoms with Gasteiger partial charge in [-0.3, -0.25) is 9.69 Å². The van der Waals surface area contributed by atoms with Gasteiger partial charge in [0.2, 0.25) is 5.88 Å². The van der Waals surface area contributed by atoms with Gasteiger partial charge in [0, 0.05) is 16.2 Å². The standard InChI is InChI=1S/C15H11BrN2O2/c1-2-14(19)18-9-10-8-11(16)5-6-13(10)20-15-12(18)4-3-7-17-15/h2-8H,1,9H2. The summed E-state index contributed by atoms with van der Waals surface area (Å²) in [6.45, 7) is 3.97. The van der Waals surface area contributed by atoms with Gasteiger partial charge in [0.15, 0.2) is 0 Å². The van der Waals surface area contributed by atoms with Gasteiger partial charge in [0.1, 0.15) is 11.4 Å². The van der Waals surface area contributed by atoms with Crippen LogP contribution < -0.4 is 9.64 Å². The molecule has 0 unspecified atom stereocenters. The molecule has 2 aromatic rings. The van der Waals surface area contributed by atoms with Gasteiger partial charge in [-0.05, 0) is 36.4 Å². The number of anilines is 1. The molecule has 0 radical (unpaired) electrons. The molecule has 1 amide bonds. The fourth-order valence-corrected chi connectivity index (χ4v) is 2.51. The van der Waals surface area contributed by atoms with Crippen LogP contribution in [0.1, 0.15) is 5.56 Å². The topological polar surface area (TPSA) is 42.4 Å². The fourth-order valence-electron chi connectivity index (χ4n) is 2.10. The van der Waals surface area contributed by atoms with E-state index in [1.807, 2.05) is 24.3 Å². The number of amides is 1. The summed E-state index contributed by atoms with van der Waals surface area (Å²) >= 11 is 3.43. The van der Waals surface area contributed by atoms with Gasteiger partial charge < -0.3 is 4.74 Å². The van der Waals surface area contributed by atoms with Crippen LogP contribution in [0.3, 0.4) is 0 Å². The van der Waals surface area contributed by atoms with Gasteiger partial charge >= 0.3 is 0 Å². The second-order valence-corrected chi connectivity index (χ2v) is 5.23. The first-order valence-electron chi connectivity index (χ1n) is 6.04. The van der Waals surface area contributed by atoms with Crippen molar-refractivity contribution in [2.45, 2.75) is 6.54 Å². The average Bonchev–Trinajstić information content (AvgIpc) is 2.63. The zero-order valence-electron chi connectivity index (χ0n) is 10.5. The Kier molecular flexibility index (Phi) is 3.28. The van der Waals surface area contributed by atoms with Gasteiger partial charge in [0.05, 0.1) is 6.54 Å². The largest absolute Gasteiger partial charge is 0.437 e. The van der Waals surface area contributed by atoms with Crippen molar-refractivity contribution in [2.24, 2.45) is 0 Å². The molecule has 2 heterocycles. The molecule has 0 bridgehead atoms. The summed E-state index contributed by atoms with van der Waals surface area (Å²) in [4.78, 5) is 17.9. The Hall–Kier alpha value is -2.14. The van der Waals surface area contributed by atoms with Crippen molar-refractivity contribution in [3.05, 3.63) is 59.2 Å². The van der Waals surface area contributed by atoms with Gasteiger partial charge in [0.25, 0.3) is 5.91 Å². The molecule has 0 spiro atoms. The molecule has 20 heavy (non-hydrogen) atoms. The Morgan fingerprint density at radius 3 is 3.10 bits per heavy atom. The average molecular weight is 331 g/mol. The highest BCUT2D eigenvalue weighted by molar-refractivity contribution is 9.10. The highest BCUT2D eigenvalue weighted by atomic mass is 79.9. The molecular weight excluding hydrogens is 320 g/mol. The molecule has 1 aliphatic heterocycles. The molecule has 1 aliphatic rings. The summed E-state index contributed by atoms with van der Waals surface area (Å²) < 4.78 is 6.76. The van der Waals surface area contributed by atoms with Crippen molar-refractivity contribution >= 4 is 27.5 Å². The third-order valence-corrected chi connectivity index (χ3v) is 3.53. The number of pyridine rings is 1. The summed E-state index contributed by atoms with van der Waals surface area (Å²) in [5.41, 5.74) is 1.55. The number of hydrogen-bond donors (Lipinski definition) is 0. The zero-order chi connectivity index (χ0) is 14.1. The van der Waals surface area contributed by atoms with E-state index >= 15 is 0 Å². The molecule has 0 saturated heterocycles. The normalized spacial score (nSPS) is 12.8. The van der Waals surface area contributed by atoms with Crippen LogP contribution in [0.5, 0.6) is 11.6 Å². The Bertz CT molecular complexity index is 700. The first-order chi connectivity index (χ1) is 9.69. The molecule has 1 aromatic carbocycles. The minimum Gasteiger partial charge on any atom is -0.437 e. The monoisotopic (exact) mass is 330 g/mol. The summed E-state index contributed by atoms with van der Waals surface area (Å²) in [7, 11) is 0. The predicted molar refractivity (Wildman–Crippen MR) is 79.8 cm³/mol. The zero-order valence-corrected chi connectivity index (χ0v) is 12.1. The third-order valence-electron chi connectivity index (χ3n) is 3.04. The van der Waals surface area contributed by atoms with Gasteiger partial charge in [-0.25, -0.2) is 4.98 Å². The van der Waals surface area contributed by atoms with E-state index in [2.05, 4.69) is 27.5 Å². The number of nitrogens with zero attached hydrogens (tertiary/aromatic N) is 2. The van der Waals surface area contributed by atoms with E-state index in [1.165, 1.54) is 6.08 Å². The minimum absolute atomic E-state index is 0.185. The number of rotatable bonds is 1. The first-order valence-corrected chi connectivity index (χ1v) is 6.83. The number of ether oxygens (including phenoxy) is 1. The molecule has 4 nitrogen and oxygen atoms in total. The Labute approximate surface area is 124 Å². The number of halogens is 1. The van der Waals surface area contributed by atoms with Crippen molar-refractivity contribution in [2.75, 3.05) is 4.90 Å². The third kappa shape index (κ3) is 2.20. The second-order valence-electron chi connectivity index (χ2n) is 4.31. The maximum Gasteiger partial charge on any atom is 0.250 e. The second kappa shape index (κ2) is 5.09. The molecule has 1 aromatic heterocycles. The SMILES string of the molecule is C=CC(=O)N1Cc2cc(Br)ccc2Oc2ncccc21. The number of carbonyl (C=O) groups excluding carboxylic acids is 1. The highest BCUT2D eigenvalue weighted by Gasteiger charge is 2.24. The van der Waals surface area contributed by atoms with Crippen LogP contribution in [0.15, 0.2) is 53.7 Å². The molecule has 5 heteroatoms. The Morgan fingerprint density at radius 1 is 1.45 bits per heavy atom.